The third-order valence-electron chi connectivity index (χ3n) is 2.54. The molecule has 0 unspecified atom stereocenters. The fourth-order valence-electron chi connectivity index (χ4n) is 1.58. The highest BCUT2D eigenvalue weighted by atomic mass is 127. The van der Waals surface area contributed by atoms with Crippen LogP contribution in [0, 0.1) is 0 Å². The van der Waals surface area contributed by atoms with Gasteiger partial charge in [-0.25, -0.2) is 8.42 Å². The number of nitrogens with one attached hydrogen (secondary N) is 2. The van der Waals surface area contributed by atoms with E-state index in [1.807, 2.05) is 24.5 Å². The number of aliphatic imine (C=N–C) groups is 1. The maximum Gasteiger partial charge on any atom is 0.191 e. The zero-order valence-corrected chi connectivity index (χ0v) is 15.0. The minimum atomic E-state index is -2.88. The van der Waals surface area contributed by atoms with Crippen LogP contribution >= 0.6 is 24.0 Å². The average Bonchev–Trinajstić information content (AvgIpc) is 2.84. The van der Waals surface area contributed by atoms with Gasteiger partial charge in [-0.15, -0.1) is 24.0 Å². The van der Waals surface area contributed by atoms with Crippen molar-refractivity contribution in [3.8, 4) is 0 Å². The van der Waals surface area contributed by atoms with Gasteiger partial charge < -0.3 is 15.2 Å². The quantitative estimate of drug-likeness (QED) is 0.298. The molecule has 0 atom stereocenters. The van der Waals surface area contributed by atoms with Crippen LogP contribution in [0.5, 0.6) is 0 Å². The Morgan fingerprint density at radius 3 is 2.35 bits per heavy atom. The van der Waals surface area contributed by atoms with Crippen molar-refractivity contribution in [2.24, 2.45) is 4.99 Å². The Bertz CT molecular complexity index is 486. The first-order valence-corrected chi connectivity index (χ1v) is 8.30. The van der Waals surface area contributed by atoms with Crippen LogP contribution in [-0.4, -0.2) is 51.1 Å². The van der Waals surface area contributed by atoms with Crippen molar-refractivity contribution >= 4 is 39.8 Å². The number of guanidine groups is 1. The summed E-state index contributed by atoms with van der Waals surface area (Å²) in [6.07, 6.45) is 5.84. The molecule has 0 spiro atoms. The van der Waals surface area contributed by atoms with E-state index in [-0.39, 0.29) is 29.7 Å². The summed E-state index contributed by atoms with van der Waals surface area (Å²) >= 11 is 0. The number of sulfone groups is 1. The van der Waals surface area contributed by atoms with E-state index in [0.717, 1.165) is 13.1 Å². The highest BCUT2D eigenvalue weighted by Gasteiger charge is 2.02. The second-order valence-electron chi connectivity index (χ2n) is 4.33. The molecule has 116 valence electrons. The van der Waals surface area contributed by atoms with Crippen LogP contribution in [0.3, 0.4) is 0 Å². The second kappa shape index (κ2) is 10.0. The molecule has 0 bridgehead atoms. The van der Waals surface area contributed by atoms with E-state index in [1.54, 1.807) is 7.05 Å². The molecule has 0 aliphatic heterocycles. The molecule has 2 N–H and O–H groups in total. The zero-order chi connectivity index (χ0) is 14.1. The fourth-order valence-corrected chi connectivity index (χ4v) is 2.25. The third-order valence-corrected chi connectivity index (χ3v) is 3.57. The molecular weight excluding hydrogens is 391 g/mol. The Kier molecular flexibility index (Phi) is 9.64. The van der Waals surface area contributed by atoms with E-state index >= 15 is 0 Å². The van der Waals surface area contributed by atoms with Crippen LogP contribution in [0.4, 0.5) is 0 Å². The molecule has 0 saturated carbocycles. The van der Waals surface area contributed by atoms with Gasteiger partial charge in [0.05, 0.1) is 5.75 Å². The lowest BCUT2D eigenvalue weighted by atomic mass is 10.5. The van der Waals surface area contributed by atoms with E-state index in [9.17, 15) is 8.42 Å². The third kappa shape index (κ3) is 9.18. The van der Waals surface area contributed by atoms with Crippen LogP contribution in [0.1, 0.15) is 6.42 Å². The highest BCUT2D eigenvalue weighted by molar-refractivity contribution is 14.0. The number of halogens is 1. The van der Waals surface area contributed by atoms with Gasteiger partial charge in [-0.3, -0.25) is 4.99 Å². The Morgan fingerprint density at radius 2 is 1.80 bits per heavy atom. The van der Waals surface area contributed by atoms with E-state index in [0.29, 0.717) is 18.9 Å². The van der Waals surface area contributed by atoms with Gasteiger partial charge in [0.25, 0.3) is 0 Å². The van der Waals surface area contributed by atoms with Gasteiger partial charge in [-0.1, -0.05) is 0 Å². The molecule has 0 amide bonds. The predicted octanol–water partition coefficient (Wildman–Crippen LogP) is 0.706. The first-order chi connectivity index (χ1) is 9.01. The number of hydrogen-bond donors (Lipinski definition) is 2. The van der Waals surface area contributed by atoms with Crippen molar-refractivity contribution in [2.45, 2.75) is 13.0 Å². The zero-order valence-electron chi connectivity index (χ0n) is 11.9. The summed E-state index contributed by atoms with van der Waals surface area (Å²) in [6, 6.07) is 3.97. The largest absolute Gasteiger partial charge is 0.356 e. The maximum atomic E-state index is 11.0. The summed E-state index contributed by atoms with van der Waals surface area (Å²) < 4.78 is 24.0. The topological polar surface area (TPSA) is 75.5 Å². The summed E-state index contributed by atoms with van der Waals surface area (Å²) in [6.45, 7) is 2.22. The molecule has 0 radical (unpaired) electrons. The lowest BCUT2D eigenvalue weighted by molar-refractivity contribution is 0.598. The van der Waals surface area contributed by atoms with Crippen LogP contribution in [0.25, 0.3) is 0 Å². The first-order valence-electron chi connectivity index (χ1n) is 6.24. The molecule has 0 saturated heterocycles. The summed E-state index contributed by atoms with van der Waals surface area (Å²) in [4.78, 5) is 4.08. The normalized spacial score (nSPS) is 11.8. The number of aromatic nitrogens is 1. The molecule has 0 aromatic carbocycles. The standard InChI is InChI=1S/C12H22N4O2S.HI/c1-13-12(14-6-5-11-19(2,17)18)15-7-10-16-8-3-4-9-16;/h3-4,8-9H,5-7,10-11H2,1-2H3,(H2,13,14,15);1H. The molecule has 1 aromatic heterocycles. The van der Waals surface area contributed by atoms with Gasteiger partial charge in [-0.2, -0.15) is 0 Å². The first kappa shape index (κ1) is 19.2. The average molecular weight is 414 g/mol. The Hall–Kier alpha value is -0.770. The van der Waals surface area contributed by atoms with Crippen LogP contribution < -0.4 is 10.6 Å². The molecule has 6 nitrogen and oxygen atoms in total. The molecule has 0 aliphatic carbocycles. The van der Waals surface area contributed by atoms with E-state index in [2.05, 4.69) is 20.2 Å². The van der Waals surface area contributed by atoms with Crippen LogP contribution in [-0.2, 0) is 16.4 Å². The SMILES string of the molecule is CN=C(NCCCS(C)(=O)=O)NCCn1cccc1.I. The molecule has 1 rings (SSSR count). The Morgan fingerprint density at radius 1 is 1.20 bits per heavy atom. The molecule has 1 aromatic rings. The summed E-state index contributed by atoms with van der Waals surface area (Å²) in [5.41, 5.74) is 0. The van der Waals surface area contributed by atoms with Gasteiger partial charge in [0.1, 0.15) is 9.84 Å². The van der Waals surface area contributed by atoms with Gasteiger partial charge in [0.2, 0.25) is 0 Å². The van der Waals surface area contributed by atoms with Crippen LogP contribution in [0.15, 0.2) is 29.5 Å². The van der Waals surface area contributed by atoms with E-state index in [4.69, 9.17) is 0 Å². The van der Waals surface area contributed by atoms with Crippen LogP contribution in [0.2, 0.25) is 0 Å². The summed E-state index contributed by atoms with van der Waals surface area (Å²) in [5.74, 6) is 0.890. The molecule has 0 fully saturated rings. The molecule has 20 heavy (non-hydrogen) atoms. The van der Waals surface area contributed by atoms with Crippen molar-refractivity contribution in [2.75, 3.05) is 32.1 Å². The van der Waals surface area contributed by atoms with Crippen molar-refractivity contribution in [3.05, 3.63) is 24.5 Å². The van der Waals surface area contributed by atoms with E-state index < -0.39 is 9.84 Å². The number of nitrogens with zero attached hydrogens (tertiary/aromatic N) is 2. The number of hydrogen-bond acceptors (Lipinski definition) is 3. The second-order valence-corrected chi connectivity index (χ2v) is 6.59. The van der Waals surface area contributed by atoms with Crippen molar-refractivity contribution in [3.63, 3.8) is 0 Å². The van der Waals surface area contributed by atoms with Gasteiger partial charge in [0.15, 0.2) is 5.96 Å². The molecule has 1 heterocycles. The molecule has 0 aliphatic rings. The minimum Gasteiger partial charge on any atom is -0.356 e. The summed E-state index contributed by atoms with van der Waals surface area (Å²) in [5, 5.41) is 6.26. The van der Waals surface area contributed by atoms with Crippen molar-refractivity contribution < 1.29 is 8.42 Å². The smallest absolute Gasteiger partial charge is 0.191 e. The molecular formula is C12H23IN4O2S. The van der Waals surface area contributed by atoms with E-state index in [1.165, 1.54) is 6.26 Å². The Labute approximate surface area is 138 Å². The van der Waals surface area contributed by atoms with Gasteiger partial charge in [0, 0.05) is 45.3 Å². The predicted molar refractivity (Wildman–Crippen MR) is 93.5 cm³/mol. The number of rotatable bonds is 7. The summed E-state index contributed by atoms with van der Waals surface area (Å²) in [7, 11) is -1.18. The fraction of sp³-hybridized carbons (Fsp3) is 0.583. The van der Waals surface area contributed by atoms with Crippen molar-refractivity contribution in [1.82, 2.24) is 15.2 Å². The lowest BCUT2D eigenvalue weighted by Crippen LogP contribution is -2.39. The Balaban J connectivity index is 0.00000361. The molecule has 8 heteroatoms. The highest BCUT2D eigenvalue weighted by Crippen LogP contribution is 1.89. The van der Waals surface area contributed by atoms with Gasteiger partial charge >= 0.3 is 0 Å². The monoisotopic (exact) mass is 414 g/mol. The lowest BCUT2D eigenvalue weighted by Gasteiger charge is -2.11. The van der Waals surface area contributed by atoms with Gasteiger partial charge in [-0.05, 0) is 18.6 Å². The minimum absolute atomic E-state index is 0. The van der Waals surface area contributed by atoms with Crippen molar-refractivity contribution in [1.29, 1.82) is 0 Å². The maximum absolute atomic E-state index is 11.0.